The van der Waals surface area contributed by atoms with Gasteiger partial charge in [0.15, 0.2) is 17.2 Å². The number of pyridine rings is 5. The normalized spacial score (nSPS) is 14.5. The van der Waals surface area contributed by atoms with Gasteiger partial charge in [-0.2, -0.15) is 0 Å². The van der Waals surface area contributed by atoms with Crippen molar-refractivity contribution in [2.24, 2.45) is 0 Å². The fourth-order valence-electron chi connectivity index (χ4n) is 10.8. The molecule has 70 heavy (non-hydrogen) atoms. The minimum absolute atomic E-state index is 0.635. The van der Waals surface area contributed by atoms with E-state index in [2.05, 4.69) is 153 Å². The van der Waals surface area contributed by atoms with Gasteiger partial charge in [-0.25, -0.2) is 4.98 Å². The molecule has 7 heterocycles. The third-order valence-electron chi connectivity index (χ3n) is 13.8. The van der Waals surface area contributed by atoms with Gasteiger partial charge in [0.2, 0.25) is 0 Å². The first kappa shape index (κ1) is 39.6. The second-order valence-electron chi connectivity index (χ2n) is 17.7. The van der Waals surface area contributed by atoms with Crippen LogP contribution in [0.3, 0.4) is 0 Å². The van der Waals surface area contributed by atoms with Crippen LogP contribution in [0, 0.1) is 0 Å². The van der Waals surface area contributed by atoms with Gasteiger partial charge in [-0.05, 0) is 136 Å². The smallest absolute Gasteiger partial charge is 0.194 e. The lowest BCUT2D eigenvalue weighted by atomic mass is 9.66. The summed E-state index contributed by atoms with van der Waals surface area (Å²) >= 11 is 0. The molecule has 6 aromatic carbocycles. The van der Waals surface area contributed by atoms with Crippen LogP contribution in [0.2, 0.25) is 0 Å². The Morgan fingerprint density at radius 2 is 1.03 bits per heavy atom. The molecule has 1 spiro atoms. The van der Waals surface area contributed by atoms with E-state index in [1.54, 1.807) is 12.4 Å². The van der Waals surface area contributed by atoms with Crippen molar-refractivity contribution in [1.29, 1.82) is 0 Å². The first-order valence-electron chi connectivity index (χ1n) is 23.3. The van der Waals surface area contributed by atoms with E-state index in [1.165, 1.54) is 0 Å². The van der Waals surface area contributed by atoms with Gasteiger partial charge in [0.25, 0.3) is 0 Å². The average molecular weight is 899 g/mol. The van der Waals surface area contributed by atoms with Gasteiger partial charge in [-0.1, -0.05) is 97.1 Å². The molecular formula is C62H38N6O2. The molecule has 0 radical (unpaired) electrons. The third-order valence-corrected chi connectivity index (χ3v) is 13.8. The lowest BCUT2D eigenvalue weighted by molar-refractivity contribution is 0.391. The van der Waals surface area contributed by atoms with Crippen LogP contribution >= 0.6 is 0 Å². The molecule has 11 aromatic rings. The Balaban J connectivity index is 0.954. The number of anilines is 3. The van der Waals surface area contributed by atoms with Crippen LogP contribution in [-0.2, 0) is 5.41 Å². The Morgan fingerprint density at radius 3 is 1.83 bits per heavy atom. The summed E-state index contributed by atoms with van der Waals surface area (Å²) in [5, 5.41) is 0. The third kappa shape index (κ3) is 6.06. The second-order valence-corrected chi connectivity index (χ2v) is 17.7. The van der Waals surface area contributed by atoms with E-state index in [0.717, 1.165) is 118 Å². The summed E-state index contributed by atoms with van der Waals surface area (Å²) in [7, 11) is 0. The minimum atomic E-state index is -0.841. The van der Waals surface area contributed by atoms with Crippen molar-refractivity contribution in [2.75, 3.05) is 4.90 Å². The fraction of sp³-hybridized carbons (Fsp3) is 0.0161. The summed E-state index contributed by atoms with van der Waals surface area (Å²) in [5.41, 5.74) is 18.0. The van der Waals surface area contributed by atoms with Gasteiger partial charge in [0.1, 0.15) is 5.75 Å². The number of rotatable bonds is 6. The fourth-order valence-corrected chi connectivity index (χ4v) is 10.8. The molecule has 2 aliphatic heterocycles. The lowest BCUT2D eigenvalue weighted by Gasteiger charge is -2.41. The van der Waals surface area contributed by atoms with Crippen molar-refractivity contribution in [3.8, 4) is 90.2 Å². The highest BCUT2D eigenvalue weighted by molar-refractivity contribution is 5.94. The van der Waals surface area contributed by atoms with Crippen molar-refractivity contribution in [2.45, 2.75) is 5.41 Å². The molecule has 0 bridgehead atoms. The maximum atomic E-state index is 7.12. The minimum Gasteiger partial charge on any atom is -0.453 e. The van der Waals surface area contributed by atoms with Gasteiger partial charge < -0.3 is 14.4 Å². The average Bonchev–Trinajstić information content (AvgIpc) is 3.72. The number of hydrogen-bond donors (Lipinski definition) is 0. The molecule has 0 saturated carbocycles. The molecule has 8 nitrogen and oxygen atoms in total. The van der Waals surface area contributed by atoms with Crippen LogP contribution in [0.5, 0.6) is 23.0 Å². The zero-order valence-corrected chi connectivity index (χ0v) is 37.4. The first-order valence-corrected chi connectivity index (χ1v) is 23.3. The molecule has 0 saturated heterocycles. The molecule has 8 heteroatoms. The summed E-state index contributed by atoms with van der Waals surface area (Å²) in [6.45, 7) is 0. The molecule has 328 valence electrons. The molecule has 5 aromatic heterocycles. The molecular weight excluding hydrogens is 861 g/mol. The van der Waals surface area contributed by atoms with Crippen molar-refractivity contribution >= 4 is 17.1 Å². The highest BCUT2D eigenvalue weighted by Crippen LogP contribution is 2.66. The van der Waals surface area contributed by atoms with Gasteiger partial charge in [-0.3, -0.25) is 19.9 Å². The molecule has 0 amide bonds. The Bertz CT molecular complexity index is 3810. The molecule has 3 aliphatic rings. The molecule has 0 fully saturated rings. The zero-order valence-electron chi connectivity index (χ0n) is 37.4. The van der Waals surface area contributed by atoms with Crippen molar-refractivity contribution < 1.29 is 9.47 Å². The summed E-state index contributed by atoms with van der Waals surface area (Å²) in [5.74, 6) is 2.76. The standard InChI is InChI=1S/C62H38N6O2/c1-2-16-48(47(15-1)45-34-43(41-12-8-28-64-37-41)33-44(35-45)42-13-9-29-65-38-42)53-24-22-51-59(67-53)58-50(18-10-30-66-58)62(51)49-17-3-5-20-56(49)69-60-52(62)23-25-55-61(60)70-57-21-6-4-19-54(57)68(55)46-14-7-11-40(36-46)39-26-31-63-32-27-39/h1-38H. The van der Waals surface area contributed by atoms with E-state index in [4.69, 9.17) is 19.4 Å². The Kier molecular flexibility index (Phi) is 8.94. The van der Waals surface area contributed by atoms with Crippen molar-refractivity contribution in [3.63, 3.8) is 0 Å². The highest BCUT2D eigenvalue weighted by atomic mass is 16.5. The summed E-state index contributed by atoms with van der Waals surface area (Å²) in [6.07, 6.45) is 12.9. The summed E-state index contributed by atoms with van der Waals surface area (Å²) in [6, 6.07) is 65.5. The van der Waals surface area contributed by atoms with Gasteiger partial charge in [0.05, 0.1) is 33.9 Å². The number of hydrogen-bond acceptors (Lipinski definition) is 8. The monoisotopic (exact) mass is 898 g/mol. The van der Waals surface area contributed by atoms with E-state index in [9.17, 15) is 0 Å². The SMILES string of the molecule is c1cncc(-c2cc(-c3cccnc3)cc(-c3ccccc3-c3ccc4c(n3)-c3ncccc3C43c4ccccc4Oc4c3ccc3c4Oc4ccccc4N3c3cccc(-c4ccncc4)c3)c2)c1. The predicted octanol–water partition coefficient (Wildman–Crippen LogP) is 15.0. The van der Waals surface area contributed by atoms with E-state index < -0.39 is 5.41 Å². The number of para-hydroxylation sites is 3. The maximum absolute atomic E-state index is 7.12. The largest absolute Gasteiger partial charge is 0.453 e. The van der Waals surface area contributed by atoms with Gasteiger partial charge >= 0.3 is 0 Å². The highest BCUT2D eigenvalue weighted by Gasteiger charge is 2.54. The first-order chi connectivity index (χ1) is 34.7. The van der Waals surface area contributed by atoms with E-state index >= 15 is 0 Å². The predicted molar refractivity (Wildman–Crippen MR) is 275 cm³/mol. The number of ether oxygens (including phenoxy) is 2. The summed E-state index contributed by atoms with van der Waals surface area (Å²) in [4.78, 5) is 26.2. The van der Waals surface area contributed by atoms with E-state index in [0.29, 0.717) is 11.5 Å². The second kappa shape index (κ2) is 15.8. The quantitative estimate of drug-likeness (QED) is 0.163. The number of benzene rings is 6. The number of aromatic nitrogens is 5. The van der Waals surface area contributed by atoms with Crippen LogP contribution in [-0.4, -0.2) is 24.9 Å². The Morgan fingerprint density at radius 1 is 0.371 bits per heavy atom. The van der Waals surface area contributed by atoms with Gasteiger partial charge in [-0.15, -0.1) is 0 Å². The van der Waals surface area contributed by atoms with Crippen LogP contribution in [0.4, 0.5) is 17.1 Å². The zero-order chi connectivity index (χ0) is 46.2. The molecule has 1 aliphatic carbocycles. The Labute approximate surface area is 403 Å². The molecule has 14 rings (SSSR count). The molecule has 1 atom stereocenters. The number of nitrogens with zero attached hydrogens (tertiary/aromatic N) is 6. The molecule has 1 unspecified atom stereocenters. The van der Waals surface area contributed by atoms with Crippen molar-refractivity contribution in [1.82, 2.24) is 24.9 Å². The molecule has 0 N–H and O–H groups in total. The van der Waals surface area contributed by atoms with Crippen LogP contribution in [0.25, 0.3) is 67.2 Å². The lowest BCUT2D eigenvalue weighted by Crippen LogP contribution is -2.33. The van der Waals surface area contributed by atoms with Crippen molar-refractivity contribution in [3.05, 3.63) is 254 Å². The summed E-state index contributed by atoms with van der Waals surface area (Å²) < 4.78 is 14.1. The van der Waals surface area contributed by atoms with Crippen LogP contribution < -0.4 is 14.4 Å². The van der Waals surface area contributed by atoms with E-state index in [-0.39, 0.29) is 0 Å². The van der Waals surface area contributed by atoms with E-state index in [1.807, 2.05) is 85.6 Å². The maximum Gasteiger partial charge on any atom is 0.194 e. The van der Waals surface area contributed by atoms with Crippen LogP contribution in [0.1, 0.15) is 22.3 Å². The van der Waals surface area contributed by atoms with Crippen LogP contribution in [0.15, 0.2) is 231 Å². The topological polar surface area (TPSA) is 86.2 Å². The number of fused-ring (bicyclic) bond motifs is 12. The van der Waals surface area contributed by atoms with Gasteiger partial charge in [0, 0.05) is 76.9 Å². The Hall–Kier alpha value is -9.53.